The normalized spacial score (nSPS) is 14.0. The van der Waals surface area contributed by atoms with Gasteiger partial charge in [0.25, 0.3) is 5.91 Å². The van der Waals surface area contributed by atoms with Gasteiger partial charge in [0, 0.05) is 31.6 Å². The topological polar surface area (TPSA) is 58.6 Å². The Bertz CT molecular complexity index is 479. The molecule has 1 N–H and O–H groups in total. The zero-order valence-corrected chi connectivity index (χ0v) is 12.4. The first kappa shape index (κ1) is 15.4. The number of rotatable bonds is 6. The summed E-state index contributed by atoms with van der Waals surface area (Å²) in [6.45, 7) is 4.60. The second kappa shape index (κ2) is 7.67. The van der Waals surface area contributed by atoms with E-state index in [9.17, 15) is 9.59 Å². The molecular formula is C16H22N2O3. The summed E-state index contributed by atoms with van der Waals surface area (Å²) >= 11 is 0. The molecule has 0 unspecified atom stereocenters. The van der Waals surface area contributed by atoms with Gasteiger partial charge >= 0.3 is 0 Å². The first-order chi connectivity index (χ1) is 10.2. The number of nitrogens with one attached hydrogen (secondary N) is 1. The van der Waals surface area contributed by atoms with Crippen molar-refractivity contribution < 1.29 is 14.3 Å². The van der Waals surface area contributed by atoms with Gasteiger partial charge in [0.1, 0.15) is 5.75 Å². The molecule has 0 saturated carbocycles. The van der Waals surface area contributed by atoms with Gasteiger partial charge in [0.2, 0.25) is 5.91 Å². The standard InChI is InChI=1S/C16H22N2O3/c1-2-21-14-7-5-13(6-8-14)16(20)17-10-9-15(19)18-11-3-4-12-18/h5-8H,2-4,9-12H2,1H3,(H,17,20). The first-order valence-corrected chi connectivity index (χ1v) is 7.49. The zero-order valence-electron chi connectivity index (χ0n) is 12.4. The number of likely N-dealkylation sites (tertiary alicyclic amines) is 1. The Hall–Kier alpha value is -2.04. The van der Waals surface area contributed by atoms with Gasteiger partial charge in [-0.25, -0.2) is 0 Å². The van der Waals surface area contributed by atoms with Crippen molar-refractivity contribution in [2.24, 2.45) is 0 Å². The van der Waals surface area contributed by atoms with E-state index in [2.05, 4.69) is 5.32 Å². The summed E-state index contributed by atoms with van der Waals surface area (Å²) in [4.78, 5) is 25.6. The van der Waals surface area contributed by atoms with E-state index >= 15 is 0 Å². The molecule has 21 heavy (non-hydrogen) atoms. The van der Waals surface area contributed by atoms with E-state index in [4.69, 9.17) is 4.74 Å². The average Bonchev–Trinajstić information content (AvgIpc) is 3.02. The number of benzene rings is 1. The third-order valence-electron chi connectivity index (χ3n) is 3.51. The number of ether oxygens (including phenoxy) is 1. The summed E-state index contributed by atoms with van der Waals surface area (Å²) < 4.78 is 5.33. The van der Waals surface area contributed by atoms with E-state index in [0.717, 1.165) is 31.7 Å². The molecular weight excluding hydrogens is 268 g/mol. The maximum Gasteiger partial charge on any atom is 0.251 e. The Labute approximate surface area is 125 Å². The predicted octanol–water partition coefficient (Wildman–Crippen LogP) is 1.83. The number of amides is 2. The number of nitrogens with zero attached hydrogens (tertiary/aromatic N) is 1. The molecule has 0 radical (unpaired) electrons. The number of hydrogen-bond acceptors (Lipinski definition) is 3. The molecule has 114 valence electrons. The number of hydrogen-bond donors (Lipinski definition) is 1. The minimum absolute atomic E-state index is 0.125. The fourth-order valence-electron chi connectivity index (χ4n) is 2.38. The quantitative estimate of drug-likeness (QED) is 0.869. The molecule has 2 rings (SSSR count). The molecule has 1 aromatic rings. The smallest absolute Gasteiger partial charge is 0.251 e. The van der Waals surface area contributed by atoms with E-state index in [-0.39, 0.29) is 11.8 Å². The van der Waals surface area contributed by atoms with Gasteiger partial charge in [-0.15, -0.1) is 0 Å². The van der Waals surface area contributed by atoms with Gasteiger partial charge in [-0.3, -0.25) is 9.59 Å². The summed E-state index contributed by atoms with van der Waals surface area (Å²) in [5.74, 6) is 0.713. The molecule has 1 saturated heterocycles. The maximum absolute atomic E-state index is 11.9. The van der Waals surface area contributed by atoms with Crippen molar-refractivity contribution in [2.45, 2.75) is 26.2 Å². The predicted molar refractivity (Wildman–Crippen MR) is 80.4 cm³/mol. The Morgan fingerprint density at radius 1 is 1.19 bits per heavy atom. The third kappa shape index (κ3) is 4.48. The highest BCUT2D eigenvalue weighted by Gasteiger charge is 2.17. The second-order valence-electron chi connectivity index (χ2n) is 5.05. The zero-order chi connectivity index (χ0) is 15.1. The second-order valence-corrected chi connectivity index (χ2v) is 5.05. The van der Waals surface area contributed by atoms with Crippen LogP contribution in [0.25, 0.3) is 0 Å². The fourth-order valence-corrected chi connectivity index (χ4v) is 2.38. The molecule has 2 amide bonds. The van der Waals surface area contributed by atoms with Crippen LogP contribution < -0.4 is 10.1 Å². The van der Waals surface area contributed by atoms with Gasteiger partial charge in [0.15, 0.2) is 0 Å². The van der Waals surface area contributed by atoms with Crippen LogP contribution in [0.5, 0.6) is 5.75 Å². The number of carbonyl (C=O) groups is 2. The number of carbonyl (C=O) groups excluding carboxylic acids is 2. The van der Waals surface area contributed by atoms with Crippen molar-refractivity contribution >= 4 is 11.8 Å². The fraction of sp³-hybridized carbons (Fsp3) is 0.500. The monoisotopic (exact) mass is 290 g/mol. The van der Waals surface area contributed by atoms with Crippen molar-refractivity contribution in [3.8, 4) is 5.75 Å². The molecule has 5 heteroatoms. The minimum atomic E-state index is -0.160. The van der Waals surface area contributed by atoms with Crippen LogP contribution in [0.2, 0.25) is 0 Å². The van der Waals surface area contributed by atoms with Crippen LogP contribution in [0.3, 0.4) is 0 Å². The van der Waals surface area contributed by atoms with Gasteiger partial charge in [-0.1, -0.05) is 0 Å². The van der Waals surface area contributed by atoms with Crippen LogP contribution in [-0.4, -0.2) is 43.0 Å². The molecule has 1 aliphatic heterocycles. The van der Waals surface area contributed by atoms with Gasteiger partial charge in [-0.05, 0) is 44.0 Å². The molecule has 0 spiro atoms. The lowest BCUT2D eigenvalue weighted by Gasteiger charge is -2.15. The molecule has 5 nitrogen and oxygen atoms in total. The van der Waals surface area contributed by atoms with Crippen LogP contribution in [0.15, 0.2) is 24.3 Å². The van der Waals surface area contributed by atoms with E-state index in [0.29, 0.717) is 25.1 Å². The van der Waals surface area contributed by atoms with Crippen molar-refractivity contribution in [3.63, 3.8) is 0 Å². The van der Waals surface area contributed by atoms with Gasteiger partial charge < -0.3 is 15.0 Å². The van der Waals surface area contributed by atoms with Crippen LogP contribution in [0, 0.1) is 0 Å². The van der Waals surface area contributed by atoms with E-state index in [1.165, 1.54) is 0 Å². The van der Waals surface area contributed by atoms with Crippen molar-refractivity contribution in [1.29, 1.82) is 0 Å². The molecule has 0 aliphatic carbocycles. The van der Waals surface area contributed by atoms with E-state index < -0.39 is 0 Å². The average molecular weight is 290 g/mol. The van der Waals surface area contributed by atoms with E-state index in [1.54, 1.807) is 24.3 Å². The van der Waals surface area contributed by atoms with Gasteiger partial charge in [-0.2, -0.15) is 0 Å². The molecule has 1 heterocycles. The van der Waals surface area contributed by atoms with Crippen molar-refractivity contribution in [2.75, 3.05) is 26.2 Å². The highest BCUT2D eigenvalue weighted by Crippen LogP contribution is 2.12. The van der Waals surface area contributed by atoms with Crippen molar-refractivity contribution in [3.05, 3.63) is 29.8 Å². The first-order valence-electron chi connectivity index (χ1n) is 7.49. The summed E-state index contributed by atoms with van der Waals surface area (Å²) in [6.07, 6.45) is 2.54. The Balaban J connectivity index is 1.74. The lowest BCUT2D eigenvalue weighted by molar-refractivity contribution is -0.129. The lowest BCUT2D eigenvalue weighted by Crippen LogP contribution is -2.32. The van der Waals surface area contributed by atoms with Crippen LogP contribution in [-0.2, 0) is 4.79 Å². The SMILES string of the molecule is CCOc1ccc(C(=O)NCCC(=O)N2CCCC2)cc1. The van der Waals surface area contributed by atoms with Gasteiger partial charge in [0.05, 0.1) is 6.61 Å². The summed E-state index contributed by atoms with van der Waals surface area (Å²) in [5, 5.41) is 2.78. The highest BCUT2D eigenvalue weighted by molar-refractivity contribution is 5.94. The Kier molecular flexibility index (Phi) is 5.60. The Morgan fingerprint density at radius 3 is 2.48 bits per heavy atom. The molecule has 1 fully saturated rings. The maximum atomic E-state index is 11.9. The molecule has 0 bridgehead atoms. The molecule has 1 aliphatic rings. The van der Waals surface area contributed by atoms with Crippen LogP contribution in [0.1, 0.15) is 36.5 Å². The highest BCUT2D eigenvalue weighted by atomic mass is 16.5. The van der Waals surface area contributed by atoms with Crippen LogP contribution >= 0.6 is 0 Å². The third-order valence-corrected chi connectivity index (χ3v) is 3.51. The summed E-state index contributed by atoms with van der Waals surface area (Å²) in [6, 6.07) is 6.99. The summed E-state index contributed by atoms with van der Waals surface area (Å²) in [7, 11) is 0. The lowest BCUT2D eigenvalue weighted by atomic mass is 10.2. The van der Waals surface area contributed by atoms with Crippen LogP contribution in [0.4, 0.5) is 0 Å². The molecule has 0 atom stereocenters. The summed E-state index contributed by atoms with van der Waals surface area (Å²) in [5.41, 5.74) is 0.576. The molecule has 0 aromatic heterocycles. The van der Waals surface area contributed by atoms with Crippen molar-refractivity contribution in [1.82, 2.24) is 10.2 Å². The Morgan fingerprint density at radius 2 is 1.86 bits per heavy atom. The minimum Gasteiger partial charge on any atom is -0.494 e. The van der Waals surface area contributed by atoms with E-state index in [1.807, 2.05) is 11.8 Å². The molecule has 1 aromatic carbocycles. The largest absolute Gasteiger partial charge is 0.494 e.